The summed E-state index contributed by atoms with van der Waals surface area (Å²) in [6, 6.07) is 9.48. The van der Waals surface area contributed by atoms with Crippen molar-refractivity contribution in [1.29, 1.82) is 5.26 Å². The SMILES string of the molecule is N#Cc1ccc(CNc2cccc(F)c2F)s1. The number of hydrogen-bond acceptors (Lipinski definition) is 3. The number of hydrogen-bond donors (Lipinski definition) is 1. The lowest BCUT2D eigenvalue weighted by molar-refractivity contribution is 0.511. The Morgan fingerprint density at radius 1 is 1.24 bits per heavy atom. The monoisotopic (exact) mass is 250 g/mol. The van der Waals surface area contributed by atoms with Crippen molar-refractivity contribution in [3.05, 3.63) is 51.7 Å². The van der Waals surface area contributed by atoms with E-state index in [0.29, 0.717) is 11.4 Å². The van der Waals surface area contributed by atoms with Crippen LogP contribution in [0.1, 0.15) is 9.75 Å². The standard InChI is InChI=1S/C12H8F2N2S/c13-10-2-1-3-11(12(10)14)16-7-9-5-4-8(6-15)17-9/h1-5,16H,7H2. The van der Waals surface area contributed by atoms with Gasteiger partial charge in [0.05, 0.1) is 5.69 Å². The average Bonchev–Trinajstić information content (AvgIpc) is 2.79. The van der Waals surface area contributed by atoms with Crippen molar-refractivity contribution in [3.63, 3.8) is 0 Å². The van der Waals surface area contributed by atoms with Gasteiger partial charge in [0.2, 0.25) is 0 Å². The van der Waals surface area contributed by atoms with Crippen molar-refractivity contribution in [3.8, 4) is 6.07 Å². The lowest BCUT2D eigenvalue weighted by atomic mass is 10.3. The first-order valence-electron chi connectivity index (χ1n) is 4.87. The molecule has 0 spiro atoms. The molecule has 0 aliphatic heterocycles. The summed E-state index contributed by atoms with van der Waals surface area (Å²) in [6.07, 6.45) is 0. The average molecular weight is 250 g/mol. The summed E-state index contributed by atoms with van der Waals surface area (Å²) in [4.78, 5) is 1.49. The molecule has 2 nitrogen and oxygen atoms in total. The molecule has 17 heavy (non-hydrogen) atoms. The Hall–Kier alpha value is -1.93. The zero-order chi connectivity index (χ0) is 12.3. The van der Waals surface area contributed by atoms with Crippen LogP contribution in [0.5, 0.6) is 0 Å². The third-order valence-corrected chi connectivity index (χ3v) is 3.17. The Balaban J connectivity index is 2.07. The van der Waals surface area contributed by atoms with Gasteiger partial charge in [-0.3, -0.25) is 0 Å². The van der Waals surface area contributed by atoms with Crippen molar-refractivity contribution in [2.45, 2.75) is 6.54 Å². The summed E-state index contributed by atoms with van der Waals surface area (Å²) in [6.45, 7) is 0.368. The molecule has 1 N–H and O–H groups in total. The maximum atomic E-state index is 13.3. The second kappa shape index (κ2) is 4.93. The Labute approximate surface area is 101 Å². The normalized spacial score (nSPS) is 9.94. The van der Waals surface area contributed by atoms with E-state index in [4.69, 9.17) is 5.26 Å². The maximum Gasteiger partial charge on any atom is 0.181 e. The van der Waals surface area contributed by atoms with Gasteiger partial charge < -0.3 is 5.32 Å². The predicted molar refractivity (Wildman–Crippen MR) is 62.7 cm³/mol. The lowest BCUT2D eigenvalue weighted by Crippen LogP contribution is -2.01. The molecule has 1 heterocycles. The molecule has 1 aromatic heterocycles. The van der Waals surface area contributed by atoms with E-state index in [1.54, 1.807) is 12.1 Å². The molecule has 0 saturated heterocycles. The topological polar surface area (TPSA) is 35.8 Å². The first-order chi connectivity index (χ1) is 8.20. The van der Waals surface area contributed by atoms with Crippen molar-refractivity contribution in [2.24, 2.45) is 0 Å². The van der Waals surface area contributed by atoms with Crippen LogP contribution in [0.3, 0.4) is 0 Å². The highest BCUT2D eigenvalue weighted by atomic mass is 32.1. The molecule has 0 aliphatic rings. The highest BCUT2D eigenvalue weighted by Gasteiger charge is 2.07. The van der Waals surface area contributed by atoms with Gasteiger partial charge in [0.25, 0.3) is 0 Å². The van der Waals surface area contributed by atoms with E-state index >= 15 is 0 Å². The Morgan fingerprint density at radius 2 is 2.06 bits per heavy atom. The molecule has 2 rings (SSSR count). The molecular formula is C12H8F2N2S. The molecule has 0 atom stereocenters. The summed E-state index contributed by atoms with van der Waals surface area (Å²) < 4.78 is 26.2. The smallest absolute Gasteiger partial charge is 0.181 e. The van der Waals surface area contributed by atoms with Crippen LogP contribution >= 0.6 is 11.3 Å². The first kappa shape index (κ1) is 11.6. The zero-order valence-electron chi connectivity index (χ0n) is 8.71. The largest absolute Gasteiger partial charge is 0.378 e. The van der Waals surface area contributed by atoms with Crippen LogP contribution in [-0.4, -0.2) is 0 Å². The zero-order valence-corrected chi connectivity index (χ0v) is 9.52. The molecule has 0 unspecified atom stereocenters. The van der Waals surface area contributed by atoms with E-state index < -0.39 is 11.6 Å². The second-order valence-electron chi connectivity index (χ2n) is 3.33. The van der Waals surface area contributed by atoms with Gasteiger partial charge in [-0.15, -0.1) is 11.3 Å². The van der Waals surface area contributed by atoms with E-state index in [-0.39, 0.29) is 5.69 Å². The second-order valence-corrected chi connectivity index (χ2v) is 4.50. The van der Waals surface area contributed by atoms with Gasteiger partial charge in [0.1, 0.15) is 10.9 Å². The summed E-state index contributed by atoms with van der Waals surface area (Å²) in [5.41, 5.74) is 0.122. The van der Waals surface area contributed by atoms with Gasteiger partial charge in [-0.25, -0.2) is 8.78 Å². The fourth-order valence-corrected chi connectivity index (χ4v) is 2.10. The molecule has 0 saturated carbocycles. The fraction of sp³-hybridized carbons (Fsp3) is 0.0833. The van der Waals surface area contributed by atoms with Gasteiger partial charge in [0.15, 0.2) is 11.6 Å². The molecule has 2 aromatic rings. The highest BCUT2D eigenvalue weighted by molar-refractivity contribution is 7.12. The maximum absolute atomic E-state index is 13.3. The van der Waals surface area contributed by atoms with Crippen LogP contribution in [0.15, 0.2) is 30.3 Å². The lowest BCUT2D eigenvalue weighted by Gasteiger charge is -2.06. The van der Waals surface area contributed by atoms with E-state index in [1.165, 1.54) is 23.5 Å². The van der Waals surface area contributed by atoms with Crippen LogP contribution in [-0.2, 0) is 6.54 Å². The first-order valence-corrected chi connectivity index (χ1v) is 5.69. The van der Waals surface area contributed by atoms with Crippen LogP contribution in [0.2, 0.25) is 0 Å². The predicted octanol–water partition coefficient (Wildman–Crippen LogP) is 3.51. The van der Waals surface area contributed by atoms with E-state index in [2.05, 4.69) is 5.32 Å². The van der Waals surface area contributed by atoms with Gasteiger partial charge in [0, 0.05) is 11.4 Å². The van der Waals surface area contributed by atoms with Crippen LogP contribution in [0, 0.1) is 23.0 Å². The van der Waals surface area contributed by atoms with Gasteiger partial charge in [-0.1, -0.05) is 6.07 Å². The van der Waals surface area contributed by atoms with Gasteiger partial charge in [-0.2, -0.15) is 5.26 Å². The quantitative estimate of drug-likeness (QED) is 0.904. The highest BCUT2D eigenvalue weighted by Crippen LogP contribution is 2.20. The molecule has 0 amide bonds. The Bertz CT molecular complexity index is 572. The number of nitriles is 1. The number of thiophene rings is 1. The van der Waals surface area contributed by atoms with Crippen molar-refractivity contribution < 1.29 is 8.78 Å². The third kappa shape index (κ3) is 2.60. The molecular weight excluding hydrogens is 242 g/mol. The van der Waals surface area contributed by atoms with E-state index in [9.17, 15) is 8.78 Å². The number of anilines is 1. The van der Waals surface area contributed by atoms with Crippen LogP contribution in [0.25, 0.3) is 0 Å². The third-order valence-electron chi connectivity index (χ3n) is 2.18. The van der Waals surface area contributed by atoms with Crippen molar-refractivity contribution in [2.75, 3.05) is 5.32 Å². The van der Waals surface area contributed by atoms with Gasteiger partial charge in [-0.05, 0) is 24.3 Å². The number of nitrogens with one attached hydrogen (secondary N) is 1. The summed E-state index contributed by atoms with van der Waals surface area (Å²) >= 11 is 1.32. The minimum absolute atomic E-state index is 0.122. The van der Waals surface area contributed by atoms with E-state index in [1.807, 2.05) is 6.07 Å². The summed E-state index contributed by atoms with van der Waals surface area (Å²) in [5.74, 6) is -1.76. The number of benzene rings is 1. The molecule has 86 valence electrons. The Kier molecular flexibility index (Phi) is 3.35. The number of rotatable bonds is 3. The minimum atomic E-state index is -0.885. The molecule has 0 bridgehead atoms. The molecule has 0 fully saturated rings. The van der Waals surface area contributed by atoms with Crippen LogP contribution in [0.4, 0.5) is 14.5 Å². The molecule has 0 aliphatic carbocycles. The summed E-state index contributed by atoms with van der Waals surface area (Å²) in [5, 5.41) is 11.4. The number of nitrogens with zero attached hydrogens (tertiary/aromatic N) is 1. The number of halogens is 2. The minimum Gasteiger partial charge on any atom is -0.378 e. The van der Waals surface area contributed by atoms with Crippen molar-refractivity contribution in [1.82, 2.24) is 0 Å². The summed E-state index contributed by atoms with van der Waals surface area (Å²) in [7, 11) is 0. The fourth-order valence-electron chi connectivity index (χ4n) is 1.36. The molecule has 5 heteroatoms. The van der Waals surface area contributed by atoms with Crippen molar-refractivity contribution >= 4 is 17.0 Å². The Morgan fingerprint density at radius 3 is 2.76 bits per heavy atom. The molecule has 1 aromatic carbocycles. The molecule has 0 radical (unpaired) electrons. The van der Waals surface area contributed by atoms with Gasteiger partial charge >= 0.3 is 0 Å². The van der Waals surface area contributed by atoms with Crippen LogP contribution < -0.4 is 5.32 Å². The van der Waals surface area contributed by atoms with E-state index in [0.717, 1.165) is 10.9 Å².